The fourth-order valence-electron chi connectivity index (χ4n) is 2.05. The Kier molecular flexibility index (Phi) is 7.85. The van der Waals surface area contributed by atoms with Gasteiger partial charge in [-0.15, -0.1) is 0 Å². The van der Waals surface area contributed by atoms with Crippen molar-refractivity contribution in [3.05, 3.63) is 34.9 Å². The normalized spacial score (nSPS) is 11.6. The number of carbonyl (C=O) groups is 1. The van der Waals surface area contributed by atoms with Gasteiger partial charge in [-0.3, -0.25) is 4.79 Å². The zero-order chi connectivity index (χ0) is 16.6. The van der Waals surface area contributed by atoms with Crippen molar-refractivity contribution in [3.8, 4) is 0 Å². The number of halogens is 1. The molecule has 0 unspecified atom stereocenters. The van der Waals surface area contributed by atoms with Crippen LogP contribution in [-0.4, -0.2) is 44.5 Å². The zero-order valence-electron chi connectivity index (χ0n) is 13.0. The molecule has 0 aliphatic heterocycles. The molecule has 1 aromatic carbocycles. The molecule has 7 heteroatoms. The van der Waals surface area contributed by atoms with E-state index in [0.29, 0.717) is 24.5 Å². The molecule has 0 heterocycles. The van der Waals surface area contributed by atoms with E-state index in [0.717, 1.165) is 12.0 Å². The van der Waals surface area contributed by atoms with Crippen molar-refractivity contribution >= 4 is 27.5 Å². The van der Waals surface area contributed by atoms with Crippen LogP contribution in [0.5, 0.6) is 0 Å². The first-order chi connectivity index (χ1) is 10.3. The van der Waals surface area contributed by atoms with Crippen molar-refractivity contribution in [1.29, 1.82) is 0 Å². The maximum atomic E-state index is 11.8. The molecule has 0 aliphatic carbocycles. The molecule has 1 N–H and O–H groups in total. The predicted molar refractivity (Wildman–Crippen MR) is 89.5 cm³/mol. The molecule has 124 valence electrons. The van der Waals surface area contributed by atoms with E-state index in [4.69, 9.17) is 11.6 Å². The topological polar surface area (TPSA) is 66.5 Å². The van der Waals surface area contributed by atoms with Crippen LogP contribution in [0.15, 0.2) is 24.3 Å². The van der Waals surface area contributed by atoms with E-state index in [2.05, 4.69) is 5.32 Å². The minimum atomic E-state index is -3.25. The first kappa shape index (κ1) is 18.9. The summed E-state index contributed by atoms with van der Waals surface area (Å²) in [7, 11) is -3.25. The summed E-state index contributed by atoms with van der Waals surface area (Å²) in [6, 6.07) is 7.48. The minimum Gasteiger partial charge on any atom is -0.356 e. The summed E-state index contributed by atoms with van der Waals surface area (Å²) in [5.41, 5.74) is 1.05. The molecular weight excluding hydrogens is 324 g/mol. The molecule has 0 spiro atoms. The number of sulfonamides is 1. The fourth-order valence-corrected chi connectivity index (χ4v) is 3.20. The van der Waals surface area contributed by atoms with Crippen molar-refractivity contribution < 1.29 is 13.2 Å². The molecular formula is C15H23ClN2O3S. The van der Waals surface area contributed by atoms with Gasteiger partial charge in [0.15, 0.2) is 0 Å². The predicted octanol–water partition coefficient (Wildman–Crippen LogP) is 2.06. The van der Waals surface area contributed by atoms with Crippen molar-refractivity contribution in [1.82, 2.24) is 9.62 Å². The van der Waals surface area contributed by atoms with E-state index in [-0.39, 0.29) is 18.9 Å². The van der Waals surface area contributed by atoms with Gasteiger partial charge in [-0.2, -0.15) is 0 Å². The molecule has 0 saturated carbocycles. The summed E-state index contributed by atoms with van der Waals surface area (Å²) < 4.78 is 24.4. The van der Waals surface area contributed by atoms with Crippen LogP contribution in [0.25, 0.3) is 0 Å². The quantitative estimate of drug-likeness (QED) is 0.744. The van der Waals surface area contributed by atoms with E-state index in [9.17, 15) is 13.2 Å². The zero-order valence-corrected chi connectivity index (χ0v) is 14.6. The maximum Gasteiger partial charge on any atom is 0.221 e. The highest BCUT2D eigenvalue weighted by Gasteiger charge is 2.16. The molecule has 0 atom stereocenters. The molecule has 1 rings (SSSR count). The Labute approximate surface area is 137 Å². The monoisotopic (exact) mass is 346 g/mol. The molecule has 0 aromatic heterocycles. The number of benzene rings is 1. The largest absolute Gasteiger partial charge is 0.356 e. The maximum absolute atomic E-state index is 11.8. The van der Waals surface area contributed by atoms with Crippen molar-refractivity contribution in [2.75, 3.05) is 25.9 Å². The fraction of sp³-hybridized carbons (Fsp3) is 0.533. The van der Waals surface area contributed by atoms with Gasteiger partial charge in [-0.25, -0.2) is 12.7 Å². The Hall–Kier alpha value is -1.11. The van der Waals surface area contributed by atoms with Gasteiger partial charge in [0, 0.05) is 31.1 Å². The highest BCUT2D eigenvalue weighted by Crippen LogP contribution is 2.10. The number of amides is 1. The number of nitrogens with one attached hydrogen (secondary N) is 1. The van der Waals surface area contributed by atoms with Crippen molar-refractivity contribution in [2.45, 2.75) is 26.2 Å². The van der Waals surface area contributed by atoms with Crippen LogP contribution in [0.1, 0.15) is 25.3 Å². The third-order valence-corrected chi connectivity index (χ3v) is 4.69. The first-order valence-electron chi connectivity index (χ1n) is 7.29. The molecule has 0 radical (unpaired) electrons. The van der Waals surface area contributed by atoms with Gasteiger partial charge >= 0.3 is 0 Å². The summed E-state index contributed by atoms with van der Waals surface area (Å²) >= 11 is 5.89. The first-order valence-corrected chi connectivity index (χ1v) is 9.52. The minimum absolute atomic E-state index is 0.146. The molecule has 22 heavy (non-hydrogen) atoms. The van der Waals surface area contributed by atoms with Crippen LogP contribution in [0.3, 0.4) is 0 Å². The van der Waals surface area contributed by atoms with E-state index in [1.807, 2.05) is 25.1 Å². The number of hydrogen-bond donors (Lipinski definition) is 1. The summed E-state index contributed by atoms with van der Waals surface area (Å²) in [5, 5.41) is 3.47. The molecule has 0 fully saturated rings. The highest BCUT2D eigenvalue weighted by atomic mass is 35.5. The lowest BCUT2D eigenvalue weighted by molar-refractivity contribution is -0.121. The molecule has 1 aromatic rings. The van der Waals surface area contributed by atoms with Gasteiger partial charge in [0.1, 0.15) is 0 Å². The molecule has 0 bridgehead atoms. The number of rotatable bonds is 9. The smallest absolute Gasteiger partial charge is 0.221 e. The van der Waals surface area contributed by atoms with Gasteiger partial charge in [-0.05, 0) is 30.5 Å². The highest BCUT2D eigenvalue weighted by molar-refractivity contribution is 7.88. The standard InChI is InChI=1S/C15H23ClN2O3S/c1-3-10-18(22(2,20)21)11-8-15(19)17-9-7-13-5-4-6-14(16)12-13/h4-6,12H,3,7-11H2,1-2H3,(H,17,19). The second-order valence-corrected chi connectivity index (χ2v) is 7.56. The lowest BCUT2D eigenvalue weighted by atomic mass is 10.1. The summed E-state index contributed by atoms with van der Waals surface area (Å²) in [6.45, 7) is 3.07. The van der Waals surface area contributed by atoms with E-state index < -0.39 is 10.0 Å². The van der Waals surface area contributed by atoms with Crippen molar-refractivity contribution in [3.63, 3.8) is 0 Å². The average Bonchev–Trinajstić information content (AvgIpc) is 2.42. The Bertz CT molecular complexity index is 590. The molecule has 1 amide bonds. The lowest BCUT2D eigenvalue weighted by Crippen LogP contribution is -2.35. The number of nitrogens with zero attached hydrogens (tertiary/aromatic N) is 1. The van der Waals surface area contributed by atoms with Gasteiger partial charge in [0.25, 0.3) is 0 Å². The van der Waals surface area contributed by atoms with Gasteiger partial charge in [-0.1, -0.05) is 30.7 Å². The Balaban J connectivity index is 2.34. The van der Waals surface area contributed by atoms with Crippen molar-refractivity contribution in [2.24, 2.45) is 0 Å². The van der Waals surface area contributed by atoms with Crippen LogP contribution < -0.4 is 5.32 Å². The third kappa shape index (κ3) is 7.24. The lowest BCUT2D eigenvalue weighted by Gasteiger charge is -2.18. The van der Waals surface area contributed by atoms with E-state index >= 15 is 0 Å². The third-order valence-electron chi connectivity index (χ3n) is 3.16. The Morgan fingerprint density at radius 2 is 2.05 bits per heavy atom. The van der Waals surface area contributed by atoms with Crippen LogP contribution in [0.2, 0.25) is 5.02 Å². The molecule has 0 aliphatic rings. The van der Waals surface area contributed by atoms with Crippen LogP contribution in [0, 0.1) is 0 Å². The van der Waals surface area contributed by atoms with Gasteiger partial charge < -0.3 is 5.32 Å². The van der Waals surface area contributed by atoms with Gasteiger partial charge in [0.05, 0.1) is 6.26 Å². The Morgan fingerprint density at radius 3 is 2.64 bits per heavy atom. The van der Waals surface area contributed by atoms with Crippen LogP contribution in [-0.2, 0) is 21.2 Å². The summed E-state index contributed by atoms with van der Waals surface area (Å²) in [6.07, 6.45) is 2.75. The molecule has 5 nitrogen and oxygen atoms in total. The van der Waals surface area contributed by atoms with E-state index in [1.165, 1.54) is 10.6 Å². The second kappa shape index (κ2) is 9.12. The van der Waals surface area contributed by atoms with Crippen LogP contribution >= 0.6 is 11.6 Å². The average molecular weight is 347 g/mol. The summed E-state index contributed by atoms with van der Waals surface area (Å²) in [5.74, 6) is -0.146. The number of hydrogen-bond acceptors (Lipinski definition) is 3. The second-order valence-electron chi connectivity index (χ2n) is 5.14. The Morgan fingerprint density at radius 1 is 1.32 bits per heavy atom. The van der Waals surface area contributed by atoms with E-state index in [1.54, 1.807) is 6.07 Å². The molecule has 0 saturated heterocycles. The van der Waals surface area contributed by atoms with Crippen LogP contribution in [0.4, 0.5) is 0 Å². The number of carbonyl (C=O) groups excluding carboxylic acids is 1. The summed E-state index contributed by atoms with van der Waals surface area (Å²) in [4.78, 5) is 11.8. The SMILES string of the molecule is CCCN(CCC(=O)NCCc1cccc(Cl)c1)S(C)(=O)=O. The van der Waals surface area contributed by atoms with Gasteiger partial charge in [0.2, 0.25) is 15.9 Å².